The minimum atomic E-state index is -3.97. The average molecular weight is 473 g/mol. The summed E-state index contributed by atoms with van der Waals surface area (Å²) in [6, 6.07) is 9.66. The number of ether oxygens (including phenoxy) is 2. The maximum Gasteiger partial charge on any atom is 0.244 e. The average Bonchev–Trinajstić information content (AvgIpc) is 2.67. The predicted molar refractivity (Wildman–Crippen MR) is 117 cm³/mol. The highest BCUT2D eigenvalue weighted by Crippen LogP contribution is 2.24. The van der Waals surface area contributed by atoms with Gasteiger partial charge in [0.1, 0.15) is 17.3 Å². The van der Waals surface area contributed by atoms with E-state index in [1.807, 2.05) is 0 Å². The normalized spacial score (nSPS) is 11.6. The molecule has 0 radical (unpaired) electrons. The number of amides is 1. The second-order valence-electron chi connectivity index (χ2n) is 6.21. The number of sulfonamides is 1. The number of carbonyl (C=O) groups excluding carboxylic acids is 1. The lowest BCUT2D eigenvalue weighted by Crippen LogP contribution is -2.23. The Hall–Kier alpha value is -2.10. The minimum absolute atomic E-state index is 0.111. The van der Waals surface area contributed by atoms with E-state index in [0.29, 0.717) is 40.7 Å². The Morgan fingerprint density at radius 2 is 1.93 bits per heavy atom. The molecule has 0 spiro atoms. The summed E-state index contributed by atoms with van der Waals surface area (Å²) in [4.78, 5) is 11.9. The number of hydrogen-bond acceptors (Lipinski definition) is 5. The van der Waals surface area contributed by atoms with E-state index < -0.39 is 10.0 Å². The SMILES string of the molecule is COCCOc1ccc(CCNC(=O)/C=C/c2ccc(Cl)cc2Cl)cc1S(N)(=O)=O. The van der Waals surface area contributed by atoms with Crippen molar-refractivity contribution in [2.45, 2.75) is 11.3 Å². The summed E-state index contributed by atoms with van der Waals surface area (Å²) in [5.74, 6) is -0.155. The molecule has 2 rings (SSSR count). The second-order valence-corrected chi connectivity index (χ2v) is 8.58. The van der Waals surface area contributed by atoms with Crippen LogP contribution in [0.4, 0.5) is 0 Å². The van der Waals surface area contributed by atoms with Gasteiger partial charge in [-0.05, 0) is 47.9 Å². The minimum Gasteiger partial charge on any atom is -0.490 e. The van der Waals surface area contributed by atoms with Crippen LogP contribution in [0.2, 0.25) is 10.0 Å². The van der Waals surface area contributed by atoms with Crippen molar-refractivity contribution in [2.75, 3.05) is 26.9 Å². The van der Waals surface area contributed by atoms with Gasteiger partial charge in [0, 0.05) is 29.8 Å². The molecule has 0 saturated heterocycles. The van der Waals surface area contributed by atoms with Crippen LogP contribution in [0.25, 0.3) is 6.08 Å². The number of hydrogen-bond donors (Lipinski definition) is 2. The van der Waals surface area contributed by atoms with Gasteiger partial charge in [0.2, 0.25) is 15.9 Å². The van der Waals surface area contributed by atoms with E-state index in [2.05, 4.69) is 5.32 Å². The van der Waals surface area contributed by atoms with Crippen LogP contribution in [0.3, 0.4) is 0 Å². The van der Waals surface area contributed by atoms with E-state index in [-0.39, 0.29) is 23.2 Å². The first-order chi connectivity index (χ1) is 14.2. The zero-order valence-electron chi connectivity index (χ0n) is 16.2. The van der Waals surface area contributed by atoms with Crippen molar-refractivity contribution < 1.29 is 22.7 Å². The molecule has 0 heterocycles. The molecule has 0 saturated carbocycles. The molecule has 0 aliphatic carbocycles. The van der Waals surface area contributed by atoms with Gasteiger partial charge in [-0.1, -0.05) is 35.3 Å². The van der Waals surface area contributed by atoms with Crippen molar-refractivity contribution in [1.82, 2.24) is 5.32 Å². The van der Waals surface area contributed by atoms with Crippen LogP contribution in [0.15, 0.2) is 47.4 Å². The van der Waals surface area contributed by atoms with Gasteiger partial charge in [-0.15, -0.1) is 0 Å². The van der Waals surface area contributed by atoms with Crippen molar-refractivity contribution in [3.05, 3.63) is 63.6 Å². The molecule has 0 fully saturated rings. The topological polar surface area (TPSA) is 108 Å². The summed E-state index contributed by atoms with van der Waals surface area (Å²) in [6.07, 6.45) is 3.35. The molecule has 0 atom stereocenters. The first-order valence-electron chi connectivity index (χ1n) is 8.89. The molecule has 10 heteroatoms. The van der Waals surface area contributed by atoms with E-state index in [0.717, 1.165) is 0 Å². The Balaban J connectivity index is 1.96. The number of nitrogens with two attached hydrogens (primary N) is 1. The third kappa shape index (κ3) is 7.62. The van der Waals surface area contributed by atoms with Crippen LogP contribution in [-0.2, 0) is 26.0 Å². The lowest BCUT2D eigenvalue weighted by molar-refractivity contribution is -0.116. The third-order valence-electron chi connectivity index (χ3n) is 3.95. The molecular weight excluding hydrogens is 451 g/mol. The highest BCUT2D eigenvalue weighted by molar-refractivity contribution is 7.89. The first-order valence-corrected chi connectivity index (χ1v) is 11.2. The monoisotopic (exact) mass is 472 g/mol. The first kappa shape index (κ1) is 24.2. The summed E-state index contributed by atoms with van der Waals surface area (Å²) >= 11 is 11.9. The molecule has 162 valence electrons. The molecule has 2 aromatic rings. The summed E-state index contributed by atoms with van der Waals surface area (Å²) in [7, 11) is -2.45. The molecular formula is C20H22Cl2N2O5S. The van der Waals surface area contributed by atoms with Gasteiger partial charge in [0.25, 0.3) is 0 Å². The molecule has 30 heavy (non-hydrogen) atoms. The van der Waals surface area contributed by atoms with Gasteiger partial charge >= 0.3 is 0 Å². The number of carbonyl (C=O) groups is 1. The Morgan fingerprint density at radius 3 is 2.60 bits per heavy atom. The number of nitrogens with one attached hydrogen (secondary N) is 1. The zero-order chi connectivity index (χ0) is 22.1. The summed E-state index contributed by atoms with van der Waals surface area (Å²) < 4.78 is 34.0. The van der Waals surface area contributed by atoms with Crippen molar-refractivity contribution in [3.63, 3.8) is 0 Å². The van der Waals surface area contributed by atoms with Crippen LogP contribution in [0.5, 0.6) is 5.75 Å². The number of halogens is 2. The molecule has 7 nitrogen and oxygen atoms in total. The standard InChI is InChI=1S/C20H22Cl2N2O5S/c1-28-10-11-29-18-6-2-14(12-19(18)30(23,26)27)8-9-24-20(25)7-4-15-3-5-16(21)13-17(15)22/h2-7,12-13H,8-11H2,1H3,(H,24,25)(H2,23,26,27)/b7-4+. The van der Waals surface area contributed by atoms with Crippen molar-refractivity contribution in [3.8, 4) is 5.75 Å². The maximum absolute atomic E-state index is 12.0. The summed E-state index contributed by atoms with van der Waals surface area (Å²) in [5, 5.41) is 8.96. The number of methoxy groups -OCH3 is 1. The quantitative estimate of drug-likeness (QED) is 0.408. The fourth-order valence-electron chi connectivity index (χ4n) is 2.48. The summed E-state index contributed by atoms with van der Waals surface area (Å²) in [6.45, 7) is 0.802. The zero-order valence-corrected chi connectivity index (χ0v) is 18.6. The maximum atomic E-state index is 12.0. The van der Waals surface area contributed by atoms with E-state index in [4.69, 9.17) is 37.8 Å². The highest BCUT2D eigenvalue weighted by Gasteiger charge is 2.16. The number of benzene rings is 2. The van der Waals surface area contributed by atoms with E-state index in [1.165, 1.54) is 25.3 Å². The molecule has 1 amide bonds. The number of primary sulfonamides is 1. The highest BCUT2D eigenvalue weighted by atomic mass is 35.5. The van der Waals surface area contributed by atoms with E-state index >= 15 is 0 Å². The molecule has 0 unspecified atom stereocenters. The Labute approximate surface area is 185 Å². The van der Waals surface area contributed by atoms with Crippen LogP contribution >= 0.6 is 23.2 Å². The Morgan fingerprint density at radius 1 is 1.17 bits per heavy atom. The van der Waals surface area contributed by atoms with Crippen LogP contribution < -0.4 is 15.2 Å². The van der Waals surface area contributed by atoms with Crippen LogP contribution in [-0.4, -0.2) is 41.2 Å². The predicted octanol–water partition coefficient (Wildman–Crippen LogP) is 3.04. The van der Waals surface area contributed by atoms with Gasteiger partial charge in [-0.25, -0.2) is 13.6 Å². The van der Waals surface area contributed by atoms with Gasteiger partial charge in [-0.3, -0.25) is 4.79 Å². The van der Waals surface area contributed by atoms with E-state index in [1.54, 1.807) is 30.3 Å². The Kier molecular flexibility index (Phi) is 9.13. The fraction of sp³-hybridized carbons (Fsp3) is 0.250. The lowest BCUT2D eigenvalue weighted by Gasteiger charge is -2.12. The van der Waals surface area contributed by atoms with Crippen molar-refractivity contribution >= 4 is 45.2 Å². The molecule has 2 aromatic carbocycles. The number of rotatable bonds is 10. The Bertz CT molecular complexity index is 1030. The molecule has 0 aliphatic rings. The molecule has 0 aliphatic heterocycles. The van der Waals surface area contributed by atoms with Crippen molar-refractivity contribution in [2.24, 2.45) is 5.14 Å². The smallest absolute Gasteiger partial charge is 0.244 e. The fourth-order valence-corrected chi connectivity index (χ4v) is 3.67. The third-order valence-corrected chi connectivity index (χ3v) is 5.44. The molecule has 3 N–H and O–H groups in total. The summed E-state index contributed by atoms with van der Waals surface area (Å²) in [5.41, 5.74) is 1.35. The van der Waals surface area contributed by atoms with E-state index in [9.17, 15) is 13.2 Å². The van der Waals surface area contributed by atoms with Gasteiger partial charge in [0.15, 0.2) is 0 Å². The second kappa shape index (κ2) is 11.3. The molecule has 0 bridgehead atoms. The van der Waals surface area contributed by atoms with Crippen molar-refractivity contribution in [1.29, 1.82) is 0 Å². The van der Waals surface area contributed by atoms with Gasteiger partial charge < -0.3 is 14.8 Å². The van der Waals surface area contributed by atoms with Crippen LogP contribution in [0, 0.1) is 0 Å². The molecule has 0 aromatic heterocycles. The van der Waals surface area contributed by atoms with Gasteiger partial charge in [0.05, 0.1) is 6.61 Å². The van der Waals surface area contributed by atoms with Crippen LogP contribution in [0.1, 0.15) is 11.1 Å². The lowest BCUT2D eigenvalue weighted by atomic mass is 10.1. The van der Waals surface area contributed by atoms with Gasteiger partial charge in [-0.2, -0.15) is 0 Å². The largest absolute Gasteiger partial charge is 0.490 e.